The van der Waals surface area contributed by atoms with E-state index in [2.05, 4.69) is 10.5 Å². The van der Waals surface area contributed by atoms with Crippen LogP contribution < -0.4 is 10.2 Å². The van der Waals surface area contributed by atoms with E-state index in [1.54, 1.807) is 12.1 Å². The zero-order valence-corrected chi connectivity index (χ0v) is 14.1. The molecule has 0 aliphatic rings. The van der Waals surface area contributed by atoms with Crippen LogP contribution in [-0.4, -0.2) is 34.6 Å². The third kappa shape index (κ3) is 4.03. The van der Waals surface area contributed by atoms with Gasteiger partial charge in [0.25, 0.3) is 0 Å². The van der Waals surface area contributed by atoms with Crippen LogP contribution in [0, 0.1) is 3.57 Å². The fraction of sp³-hybridized carbons (Fsp3) is 0.0667. The van der Waals surface area contributed by atoms with Crippen LogP contribution >= 0.6 is 22.6 Å². The molecule has 0 aliphatic carbocycles. The average molecular weight is 428 g/mol. The lowest BCUT2D eigenvalue weighted by molar-refractivity contribution is 0.0694. The topological polar surface area (TPSA) is 111 Å². The summed E-state index contributed by atoms with van der Waals surface area (Å²) in [6.45, 7) is 0. The molecule has 0 saturated heterocycles. The fourth-order valence-electron chi connectivity index (χ4n) is 1.78. The van der Waals surface area contributed by atoms with Gasteiger partial charge < -0.3 is 20.1 Å². The molecule has 0 fully saturated rings. The van der Waals surface area contributed by atoms with Crippen LogP contribution in [-0.2, 0) is 0 Å². The second kappa shape index (κ2) is 7.18. The quantitative estimate of drug-likeness (QED) is 0.252. The van der Waals surface area contributed by atoms with Gasteiger partial charge in [-0.2, -0.15) is 5.10 Å². The van der Waals surface area contributed by atoms with Crippen LogP contribution in [0.3, 0.4) is 0 Å². The number of rotatable bonds is 5. The first-order chi connectivity index (χ1) is 10.9. The zero-order valence-electron chi connectivity index (χ0n) is 11.9. The van der Waals surface area contributed by atoms with Crippen LogP contribution in [0.5, 0.6) is 17.2 Å². The molecule has 0 bridgehead atoms. The highest BCUT2D eigenvalue weighted by atomic mass is 127. The van der Waals surface area contributed by atoms with E-state index in [4.69, 9.17) is 9.84 Å². The summed E-state index contributed by atoms with van der Waals surface area (Å²) in [5.74, 6) is -1.16. The predicted molar refractivity (Wildman–Crippen MR) is 93.7 cm³/mol. The molecule has 7 nitrogen and oxygen atoms in total. The molecule has 0 atom stereocenters. The summed E-state index contributed by atoms with van der Waals surface area (Å²) < 4.78 is 5.67. The molecule has 0 heterocycles. The van der Waals surface area contributed by atoms with E-state index in [0.717, 1.165) is 0 Å². The van der Waals surface area contributed by atoms with E-state index in [-0.39, 0.29) is 17.1 Å². The number of anilines is 1. The van der Waals surface area contributed by atoms with Gasteiger partial charge >= 0.3 is 5.97 Å². The molecule has 0 aliphatic heterocycles. The normalized spacial score (nSPS) is 10.7. The number of aromatic hydroxyl groups is 2. The Hall–Kier alpha value is -2.49. The van der Waals surface area contributed by atoms with Crippen molar-refractivity contribution in [1.29, 1.82) is 0 Å². The number of nitrogens with zero attached hydrogens (tertiary/aromatic N) is 1. The van der Waals surface area contributed by atoms with E-state index < -0.39 is 5.97 Å². The number of phenols is 2. The lowest BCUT2D eigenvalue weighted by Gasteiger charge is -2.07. The van der Waals surface area contributed by atoms with E-state index in [1.165, 1.54) is 31.5 Å². The highest BCUT2D eigenvalue weighted by Gasteiger charge is 2.10. The molecule has 4 N–H and O–H groups in total. The standard InChI is InChI=1S/C15H13IN2O5/c1-23-13-5-8(4-11(16)14(13)20)7-17-18-9-2-3-12(19)10(6-9)15(21)22/h2-7,18-20H,1H3,(H,21,22). The number of halogens is 1. The number of aromatic carboxylic acids is 1. The second-order valence-electron chi connectivity index (χ2n) is 4.46. The van der Waals surface area contributed by atoms with E-state index in [1.807, 2.05) is 22.6 Å². The summed E-state index contributed by atoms with van der Waals surface area (Å²) in [5.41, 5.74) is 3.56. The third-order valence-corrected chi connectivity index (χ3v) is 3.73. The molecule has 8 heteroatoms. The molecule has 2 aromatic carbocycles. The number of methoxy groups -OCH3 is 1. The Bertz CT molecular complexity index is 777. The van der Waals surface area contributed by atoms with Crippen molar-refractivity contribution in [3.8, 4) is 17.2 Å². The van der Waals surface area contributed by atoms with Crippen molar-refractivity contribution in [2.45, 2.75) is 0 Å². The van der Waals surface area contributed by atoms with Crippen LogP contribution in [0.1, 0.15) is 15.9 Å². The number of hydrogen-bond acceptors (Lipinski definition) is 6. The van der Waals surface area contributed by atoms with Crippen LogP contribution in [0.15, 0.2) is 35.4 Å². The molecule has 2 rings (SSSR count). The van der Waals surface area contributed by atoms with Crippen molar-refractivity contribution in [3.63, 3.8) is 0 Å². The molecule has 0 radical (unpaired) electrons. The molecule has 0 amide bonds. The summed E-state index contributed by atoms with van der Waals surface area (Å²) in [5, 5.41) is 32.1. The first-order valence-electron chi connectivity index (χ1n) is 6.34. The molecule has 120 valence electrons. The molecule has 0 saturated carbocycles. The maximum atomic E-state index is 10.9. The van der Waals surface area contributed by atoms with Gasteiger partial charge in [-0.05, 0) is 58.5 Å². The van der Waals surface area contributed by atoms with Gasteiger partial charge in [-0.1, -0.05) is 0 Å². The Kier molecular flexibility index (Phi) is 5.27. The van der Waals surface area contributed by atoms with Gasteiger partial charge in [-0.25, -0.2) is 4.79 Å². The van der Waals surface area contributed by atoms with Gasteiger partial charge in [0.05, 0.1) is 22.6 Å². The van der Waals surface area contributed by atoms with Crippen molar-refractivity contribution in [1.82, 2.24) is 0 Å². The maximum absolute atomic E-state index is 10.9. The van der Waals surface area contributed by atoms with Crippen LogP contribution in [0.4, 0.5) is 5.69 Å². The second-order valence-corrected chi connectivity index (χ2v) is 5.62. The Morgan fingerprint density at radius 3 is 2.70 bits per heavy atom. The Balaban J connectivity index is 2.18. The van der Waals surface area contributed by atoms with Gasteiger partial charge in [0.2, 0.25) is 0 Å². The molecule has 0 unspecified atom stereocenters. The number of hydrogen-bond donors (Lipinski definition) is 4. The minimum atomic E-state index is -1.23. The van der Waals surface area contributed by atoms with Crippen molar-refractivity contribution in [3.05, 3.63) is 45.0 Å². The highest BCUT2D eigenvalue weighted by molar-refractivity contribution is 14.1. The van der Waals surface area contributed by atoms with Gasteiger partial charge in [0.1, 0.15) is 11.3 Å². The first kappa shape index (κ1) is 16.9. The largest absolute Gasteiger partial charge is 0.507 e. The zero-order chi connectivity index (χ0) is 17.0. The van der Waals surface area contributed by atoms with Crippen molar-refractivity contribution >= 4 is 40.5 Å². The molecule has 23 heavy (non-hydrogen) atoms. The van der Waals surface area contributed by atoms with E-state index in [9.17, 15) is 15.0 Å². The number of nitrogens with one attached hydrogen (secondary N) is 1. The fourth-order valence-corrected chi connectivity index (χ4v) is 2.41. The Morgan fingerprint density at radius 1 is 1.30 bits per heavy atom. The average Bonchev–Trinajstić information content (AvgIpc) is 2.51. The SMILES string of the molecule is COc1cc(C=NNc2ccc(O)c(C(=O)O)c2)cc(I)c1O. The number of ether oxygens (including phenoxy) is 1. The first-order valence-corrected chi connectivity index (χ1v) is 7.42. The van der Waals surface area contributed by atoms with E-state index >= 15 is 0 Å². The molecular formula is C15H13IN2O5. The molecule has 2 aromatic rings. The summed E-state index contributed by atoms with van der Waals surface area (Å²) in [7, 11) is 1.45. The summed E-state index contributed by atoms with van der Waals surface area (Å²) in [6, 6.07) is 7.37. The molecular weight excluding hydrogens is 415 g/mol. The Labute approximate surface area is 145 Å². The summed E-state index contributed by atoms with van der Waals surface area (Å²) in [6.07, 6.45) is 1.50. The van der Waals surface area contributed by atoms with Crippen molar-refractivity contribution in [2.24, 2.45) is 5.10 Å². The minimum absolute atomic E-state index is 0.0582. The van der Waals surface area contributed by atoms with Crippen LogP contribution in [0.2, 0.25) is 0 Å². The van der Waals surface area contributed by atoms with Gasteiger partial charge in [-0.3, -0.25) is 5.43 Å². The lowest BCUT2D eigenvalue weighted by atomic mass is 10.2. The van der Waals surface area contributed by atoms with Gasteiger partial charge in [-0.15, -0.1) is 0 Å². The smallest absolute Gasteiger partial charge is 0.339 e. The predicted octanol–water partition coefficient (Wildman–Crippen LogP) is 2.86. The molecule has 0 aromatic heterocycles. The van der Waals surface area contributed by atoms with Crippen molar-refractivity contribution in [2.75, 3.05) is 12.5 Å². The third-order valence-electron chi connectivity index (χ3n) is 2.90. The lowest BCUT2D eigenvalue weighted by Crippen LogP contribution is -1.99. The van der Waals surface area contributed by atoms with Crippen molar-refractivity contribution < 1.29 is 24.9 Å². The number of phenolic OH excluding ortho intramolecular Hbond substituents is 1. The highest BCUT2D eigenvalue weighted by Crippen LogP contribution is 2.31. The number of carbonyl (C=O) groups is 1. The number of carboxylic acids is 1. The van der Waals surface area contributed by atoms with E-state index in [0.29, 0.717) is 20.6 Å². The Morgan fingerprint density at radius 2 is 2.04 bits per heavy atom. The monoisotopic (exact) mass is 428 g/mol. The van der Waals surface area contributed by atoms with Gasteiger partial charge in [0.15, 0.2) is 11.5 Å². The summed E-state index contributed by atoms with van der Waals surface area (Å²) >= 11 is 1.97. The maximum Gasteiger partial charge on any atom is 0.339 e. The number of benzene rings is 2. The summed E-state index contributed by atoms with van der Waals surface area (Å²) in [4.78, 5) is 10.9. The van der Waals surface area contributed by atoms with Crippen LogP contribution in [0.25, 0.3) is 0 Å². The number of carboxylic acid groups (broad SMARTS) is 1. The number of hydrazone groups is 1. The van der Waals surface area contributed by atoms with Gasteiger partial charge in [0, 0.05) is 0 Å². The minimum Gasteiger partial charge on any atom is -0.507 e. The molecule has 0 spiro atoms.